The summed E-state index contributed by atoms with van der Waals surface area (Å²) in [4.78, 5) is 18.3. The molecule has 0 spiro atoms. The van der Waals surface area contributed by atoms with Gasteiger partial charge in [0.2, 0.25) is 0 Å². The van der Waals surface area contributed by atoms with Crippen molar-refractivity contribution in [1.29, 1.82) is 0 Å². The van der Waals surface area contributed by atoms with Gasteiger partial charge >= 0.3 is 17.1 Å². The van der Waals surface area contributed by atoms with Gasteiger partial charge in [-0.1, -0.05) is 0 Å². The summed E-state index contributed by atoms with van der Waals surface area (Å²) in [5, 5.41) is 18.3. The average Bonchev–Trinajstić information content (AvgIpc) is 1.89. The Hall–Kier alpha value is -0.621. The maximum atomic E-state index is 9.13. The Balaban J connectivity index is -0.000000107. The molecule has 0 bridgehead atoms. The molecule has 0 aromatic rings. The van der Waals surface area contributed by atoms with Gasteiger partial charge in [-0.05, 0) is 0 Å². The molecular weight excluding hydrogens is 196 g/mol. The van der Waals surface area contributed by atoms with Crippen molar-refractivity contribution < 1.29 is 36.9 Å². The molecule has 0 atom stereocenters. The first kappa shape index (κ1) is 16.8. The van der Waals surface area contributed by atoms with Crippen LogP contribution in [0, 0.1) is 0 Å². The average molecular weight is 204 g/mol. The molecule has 0 saturated carbocycles. The molecule has 0 saturated heterocycles. The van der Waals surface area contributed by atoms with E-state index in [1.807, 2.05) is 0 Å². The van der Waals surface area contributed by atoms with Crippen LogP contribution in [0.3, 0.4) is 0 Å². The van der Waals surface area contributed by atoms with Crippen molar-refractivity contribution in [3.8, 4) is 0 Å². The Morgan fingerprint density at radius 3 is 1.09 bits per heavy atom. The van der Waals surface area contributed by atoms with E-state index in [9.17, 15) is 0 Å². The minimum absolute atomic E-state index is 0. The number of carbonyl (C=O) groups excluding carboxylic acids is 2. The van der Waals surface area contributed by atoms with E-state index in [1.54, 1.807) is 0 Å². The fourth-order valence-corrected chi connectivity index (χ4v) is 0. The maximum Gasteiger partial charge on any atom is 3.00 e. The summed E-state index contributed by atoms with van der Waals surface area (Å²) >= 11 is 0. The smallest absolute Gasteiger partial charge is 0.549 e. The second-order valence-electron chi connectivity index (χ2n) is 1.15. The minimum Gasteiger partial charge on any atom is -0.549 e. The van der Waals surface area contributed by atoms with Gasteiger partial charge in [-0.15, -0.1) is 0 Å². The molecule has 0 amide bonds. The number of nitrogens with two attached hydrogens (primary N) is 2. The molecule has 7 heteroatoms. The quantitative estimate of drug-likeness (QED) is 0.434. The molecule has 4 N–H and O–H groups in total. The van der Waals surface area contributed by atoms with E-state index in [1.165, 1.54) is 0 Å². The maximum absolute atomic E-state index is 9.13. The van der Waals surface area contributed by atoms with Crippen molar-refractivity contribution in [2.75, 3.05) is 13.1 Å². The van der Waals surface area contributed by atoms with E-state index in [2.05, 4.69) is 11.5 Å². The van der Waals surface area contributed by atoms with Crippen LogP contribution < -0.4 is 21.7 Å². The number of carboxylic acids is 2. The third-order valence-corrected chi connectivity index (χ3v) is 0.333. The molecule has 1 radical (unpaired) electrons. The van der Waals surface area contributed by atoms with Gasteiger partial charge in [-0.25, -0.2) is 0 Å². The molecular formula is C4H8FeN2O4+. The largest absolute Gasteiger partial charge is 3.00 e. The number of hydrogen-bond acceptors (Lipinski definition) is 6. The molecule has 0 aromatic carbocycles. The van der Waals surface area contributed by atoms with Crippen LogP contribution in [0.2, 0.25) is 0 Å². The van der Waals surface area contributed by atoms with Crippen molar-refractivity contribution >= 4 is 11.9 Å². The molecule has 0 unspecified atom stereocenters. The van der Waals surface area contributed by atoms with E-state index in [4.69, 9.17) is 19.8 Å². The Morgan fingerprint density at radius 1 is 1.00 bits per heavy atom. The standard InChI is InChI=1S/2C2H5NO2.Fe/c2*3-1-2(4)5;/h2*1,3H2,(H,4,5);/q;;+3/p-2. The number of carboxylic acid groups (broad SMARTS) is 2. The zero-order valence-corrected chi connectivity index (χ0v) is 6.66. The summed E-state index contributed by atoms with van der Waals surface area (Å²) in [7, 11) is 0. The van der Waals surface area contributed by atoms with Gasteiger partial charge in [-0.3, -0.25) is 0 Å². The monoisotopic (exact) mass is 204 g/mol. The summed E-state index contributed by atoms with van der Waals surface area (Å²) in [6.45, 7) is -0.778. The Morgan fingerprint density at radius 2 is 1.09 bits per heavy atom. The topological polar surface area (TPSA) is 132 Å². The predicted molar refractivity (Wildman–Crippen MR) is 28.1 cm³/mol. The molecule has 0 aliphatic heterocycles. The van der Waals surface area contributed by atoms with Crippen LogP contribution in [0.4, 0.5) is 0 Å². The summed E-state index contributed by atoms with van der Waals surface area (Å²) in [6, 6.07) is 0. The van der Waals surface area contributed by atoms with Crippen LogP contribution in [0.5, 0.6) is 0 Å². The summed E-state index contributed by atoms with van der Waals surface area (Å²) in [5.41, 5.74) is 9.02. The fourth-order valence-electron chi connectivity index (χ4n) is 0. The normalized spacial score (nSPS) is 6.73. The van der Waals surface area contributed by atoms with Crippen LogP contribution in [0.1, 0.15) is 0 Å². The predicted octanol–water partition coefficient (Wildman–Crippen LogP) is -4.61. The van der Waals surface area contributed by atoms with Crippen molar-refractivity contribution in [3.05, 3.63) is 0 Å². The SMILES string of the molecule is NCC(=O)[O-].NCC(=O)[O-].[Fe+3]. The third kappa shape index (κ3) is 44.7. The summed E-state index contributed by atoms with van der Waals surface area (Å²) in [5.74, 6) is -2.44. The number of aliphatic carboxylic acids is 2. The zero-order valence-electron chi connectivity index (χ0n) is 5.56. The van der Waals surface area contributed by atoms with Gasteiger partial charge in [-0.2, -0.15) is 0 Å². The van der Waals surface area contributed by atoms with Gasteiger partial charge in [0.25, 0.3) is 0 Å². The van der Waals surface area contributed by atoms with E-state index in [0.717, 1.165) is 0 Å². The fraction of sp³-hybridized carbons (Fsp3) is 0.500. The molecule has 11 heavy (non-hydrogen) atoms. The molecule has 6 nitrogen and oxygen atoms in total. The van der Waals surface area contributed by atoms with Crippen LogP contribution in [-0.2, 0) is 26.7 Å². The molecule has 0 aliphatic rings. The summed E-state index contributed by atoms with van der Waals surface area (Å²) < 4.78 is 0. The second kappa shape index (κ2) is 12.1. The van der Waals surface area contributed by atoms with Crippen LogP contribution in [0.25, 0.3) is 0 Å². The van der Waals surface area contributed by atoms with E-state index in [-0.39, 0.29) is 30.2 Å². The van der Waals surface area contributed by atoms with Crippen LogP contribution in [-0.4, -0.2) is 25.0 Å². The van der Waals surface area contributed by atoms with Crippen LogP contribution >= 0.6 is 0 Å². The molecule has 0 aliphatic carbocycles. The summed E-state index contributed by atoms with van der Waals surface area (Å²) in [6.07, 6.45) is 0. The Bertz CT molecular complexity index is 105. The third-order valence-electron chi connectivity index (χ3n) is 0.333. The first-order valence-electron chi connectivity index (χ1n) is 2.34. The molecule has 0 fully saturated rings. The number of carbonyl (C=O) groups is 2. The Kier molecular flexibility index (Phi) is 18.4. The minimum atomic E-state index is -1.22. The first-order valence-corrected chi connectivity index (χ1v) is 2.34. The zero-order chi connectivity index (χ0) is 8.57. The van der Waals surface area contributed by atoms with E-state index >= 15 is 0 Å². The number of hydrogen-bond donors (Lipinski definition) is 2. The molecule has 65 valence electrons. The first-order chi connectivity index (χ1) is 4.54. The Labute approximate surface area is 74.0 Å². The van der Waals surface area contributed by atoms with Gasteiger partial charge in [0, 0.05) is 13.1 Å². The number of rotatable bonds is 2. The second-order valence-corrected chi connectivity index (χ2v) is 1.15. The van der Waals surface area contributed by atoms with E-state index in [0.29, 0.717) is 0 Å². The van der Waals surface area contributed by atoms with Gasteiger partial charge in [0.1, 0.15) is 0 Å². The molecule has 0 rings (SSSR count). The van der Waals surface area contributed by atoms with Gasteiger partial charge < -0.3 is 31.3 Å². The molecule has 0 aromatic heterocycles. The van der Waals surface area contributed by atoms with Crippen molar-refractivity contribution in [3.63, 3.8) is 0 Å². The van der Waals surface area contributed by atoms with Gasteiger partial charge in [0.05, 0.1) is 11.9 Å². The van der Waals surface area contributed by atoms with E-state index < -0.39 is 11.9 Å². The molecule has 0 heterocycles. The van der Waals surface area contributed by atoms with Crippen LogP contribution in [0.15, 0.2) is 0 Å². The van der Waals surface area contributed by atoms with Crippen molar-refractivity contribution in [2.45, 2.75) is 0 Å². The van der Waals surface area contributed by atoms with Gasteiger partial charge in [0.15, 0.2) is 0 Å². The van der Waals surface area contributed by atoms with Crippen molar-refractivity contribution in [2.24, 2.45) is 11.5 Å². The van der Waals surface area contributed by atoms with Crippen molar-refractivity contribution in [1.82, 2.24) is 0 Å².